The van der Waals surface area contributed by atoms with Crippen LogP contribution in [0.1, 0.15) is 11.3 Å². The molecule has 0 saturated carbocycles. The van der Waals surface area contributed by atoms with Gasteiger partial charge in [0.05, 0.1) is 17.6 Å². The maximum atomic E-state index is 14.2. The normalized spacial score (nSPS) is 11.5. The van der Waals surface area contributed by atoms with E-state index in [0.29, 0.717) is 11.1 Å². The molecule has 1 amide bonds. The molecule has 0 bridgehead atoms. The highest BCUT2D eigenvalue weighted by Gasteiger charge is 2.33. The molecule has 5 nitrogen and oxygen atoms in total. The first-order chi connectivity index (χ1) is 17.1. The molecule has 4 rings (SSSR count). The van der Waals surface area contributed by atoms with Gasteiger partial charge in [-0.15, -0.1) is 0 Å². The van der Waals surface area contributed by atoms with Crippen LogP contribution in [-0.4, -0.2) is 17.5 Å². The van der Waals surface area contributed by atoms with E-state index in [4.69, 9.17) is 0 Å². The third-order valence-corrected chi connectivity index (χ3v) is 5.06. The van der Waals surface area contributed by atoms with Crippen molar-refractivity contribution in [3.05, 3.63) is 89.9 Å². The summed E-state index contributed by atoms with van der Waals surface area (Å²) in [4.78, 5) is 16.2. The number of hydrogen-bond acceptors (Lipinski definition) is 4. The van der Waals surface area contributed by atoms with Crippen LogP contribution in [0.5, 0.6) is 5.75 Å². The highest BCUT2D eigenvalue weighted by Crippen LogP contribution is 2.34. The van der Waals surface area contributed by atoms with E-state index in [2.05, 4.69) is 20.4 Å². The fourth-order valence-corrected chi connectivity index (χ4v) is 3.54. The quantitative estimate of drug-likeness (QED) is 0.268. The van der Waals surface area contributed by atoms with Crippen LogP contribution in [0.2, 0.25) is 0 Å². The van der Waals surface area contributed by atoms with Gasteiger partial charge in [0.25, 0.3) is 0 Å². The van der Waals surface area contributed by atoms with Gasteiger partial charge in [-0.05, 0) is 42.5 Å². The molecule has 36 heavy (non-hydrogen) atoms. The number of para-hydroxylation sites is 1. The molecule has 186 valence electrons. The highest BCUT2D eigenvalue weighted by molar-refractivity contribution is 5.95. The number of nitrogens with one attached hydrogen (secondary N) is 2. The van der Waals surface area contributed by atoms with Crippen molar-refractivity contribution in [1.29, 1.82) is 0 Å². The lowest BCUT2D eigenvalue weighted by Crippen LogP contribution is -2.17. The van der Waals surface area contributed by atoms with Gasteiger partial charge < -0.3 is 15.4 Å². The van der Waals surface area contributed by atoms with E-state index in [1.807, 2.05) is 0 Å². The number of fused-ring (bicyclic) bond motifs is 1. The molecule has 11 heteroatoms. The lowest BCUT2D eigenvalue weighted by molar-refractivity contribution is -0.140. The molecule has 0 aliphatic carbocycles. The van der Waals surface area contributed by atoms with E-state index in [-0.39, 0.29) is 22.5 Å². The summed E-state index contributed by atoms with van der Waals surface area (Å²) in [5.41, 5.74) is -0.521. The van der Waals surface area contributed by atoms with Gasteiger partial charge in [-0.25, -0.2) is 9.37 Å². The lowest BCUT2D eigenvalue weighted by Gasteiger charge is -2.15. The van der Waals surface area contributed by atoms with E-state index in [1.165, 1.54) is 24.3 Å². The Bertz CT molecular complexity index is 1410. The smallest absolute Gasteiger partial charge is 0.433 e. The Kier molecular flexibility index (Phi) is 7.00. The summed E-state index contributed by atoms with van der Waals surface area (Å²) in [6, 6.07) is 16.6. The fraction of sp³-hybridized carbons (Fsp3) is 0.120. The number of pyridine rings is 1. The van der Waals surface area contributed by atoms with Crippen LogP contribution in [0.25, 0.3) is 10.9 Å². The standard InChI is InChI=1S/C25H17F6N3O2/c26-18-8-4-10-21(36-24(27)28)17(18)12-23(35)33-15-6-3-5-14(11-15)32-20-13-22(25(29,30)31)34-19-9-2-1-7-16(19)20/h1-11,13,24H,12H2,(H,32,34)(H,33,35). The van der Waals surface area contributed by atoms with Gasteiger partial charge >= 0.3 is 12.8 Å². The average Bonchev–Trinajstić information content (AvgIpc) is 2.80. The first kappa shape index (κ1) is 24.8. The van der Waals surface area contributed by atoms with Crippen LogP contribution in [0.15, 0.2) is 72.8 Å². The molecule has 2 N–H and O–H groups in total. The number of nitrogens with zero attached hydrogens (tertiary/aromatic N) is 1. The number of aromatic nitrogens is 1. The summed E-state index contributed by atoms with van der Waals surface area (Å²) in [6.07, 6.45) is -5.24. The maximum Gasteiger partial charge on any atom is 0.433 e. The lowest BCUT2D eigenvalue weighted by atomic mass is 10.1. The first-order valence-electron chi connectivity index (χ1n) is 10.5. The van der Waals surface area contributed by atoms with Gasteiger partial charge in [0.2, 0.25) is 5.91 Å². The van der Waals surface area contributed by atoms with Crippen LogP contribution in [-0.2, 0) is 17.4 Å². The van der Waals surface area contributed by atoms with Crippen LogP contribution in [0.4, 0.5) is 43.4 Å². The minimum atomic E-state index is -4.66. The summed E-state index contributed by atoms with van der Waals surface area (Å²) >= 11 is 0. The van der Waals surface area contributed by atoms with Gasteiger partial charge in [0.15, 0.2) is 0 Å². The highest BCUT2D eigenvalue weighted by atomic mass is 19.4. The first-order valence-corrected chi connectivity index (χ1v) is 10.5. The molecule has 1 aromatic heterocycles. The Morgan fingerprint density at radius 1 is 0.944 bits per heavy atom. The number of hydrogen-bond donors (Lipinski definition) is 2. The molecule has 0 aliphatic rings. The van der Waals surface area contributed by atoms with Crippen LogP contribution >= 0.6 is 0 Å². The Morgan fingerprint density at radius 2 is 1.67 bits per heavy atom. The molecule has 0 unspecified atom stereocenters. The Hall–Kier alpha value is -4.28. The largest absolute Gasteiger partial charge is 0.434 e. The number of carbonyl (C=O) groups is 1. The van der Waals surface area contributed by atoms with Crippen LogP contribution in [0, 0.1) is 5.82 Å². The van der Waals surface area contributed by atoms with Gasteiger partial charge in [-0.2, -0.15) is 22.0 Å². The van der Waals surface area contributed by atoms with Gasteiger partial charge in [0.1, 0.15) is 17.3 Å². The number of alkyl halides is 5. The molecule has 0 saturated heterocycles. The number of ether oxygens (including phenoxy) is 1. The molecule has 0 fully saturated rings. The molecule has 0 aliphatic heterocycles. The van der Waals surface area contributed by atoms with Gasteiger partial charge in [-0.3, -0.25) is 4.79 Å². The number of amides is 1. The second-order valence-electron chi connectivity index (χ2n) is 7.60. The second kappa shape index (κ2) is 10.1. The third kappa shape index (κ3) is 5.85. The van der Waals surface area contributed by atoms with Crippen LogP contribution in [0.3, 0.4) is 0 Å². The van der Waals surface area contributed by atoms with Gasteiger partial charge in [0, 0.05) is 22.3 Å². The van der Waals surface area contributed by atoms with E-state index >= 15 is 0 Å². The number of carbonyl (C=O) groups excluding carboxylic acids is 1. The average molecular weight is 505 g/mol. The molecule has 0 spiro atoms. The second-order valence-corrected chi connectivity index (χ2v) is 7.60. The zero-order valence-electron chi connectivity index (χ0n) is 18.2. The Morgan fingerprint density at radius 3 is 2.42 bits per heavy atom. The molecule has 0 atom stereocenters. The van der Waals surface area contributed by atoms with E-state index in [1.54, 1.807) is 30.3 Å². The SMILES string of the molecule is O=C(Cc1c(F)cccc1OC(F)F)Nc1cccc(Nc2cc(C(F)(F)F)nc3ccccc23)c1. The fourth-order valence-electron chi connectivity index (χ4n) is 3.54. The minimum Gasteiger partial charge on any atom is -0.434 e. The number of rotatable bonds is 7. The summed E-state index contributed by atoms with van der Waals surface area (Å²) in [5, 5.41) is 5.87. The predicted octanol–water partition coefficient (Wildman–Crippen LogP) is 6.92. The third-order valence-electron chi connectivity index (χ3n) is 5.06. The van der Waals surface area contributed by atoms with Crippen LogP contribution < -0.4 is 15.4 Å². The van der Waals surface area contributed by atoms with Gasteiger partial charge in [-0.1, -0.05) is 30.3 Å². The zero-order valence-corrected chi connectivity index (χ0v) is 18.2. The summed E-state index contributed by atoms with van der Waals surface area (Å²) in [6.45, 7) is -3.20. The molecular formula is C25H17F6N3O2. The van der Waals surface area contributed by atoms with Crippen molar-refractivity contribution in [3.8, 4) is 5.75 Å². The van der Waals surface area contributed by atoms with Crippen molar-refractivity contribution in [3.63, 3.8) is 0 Å². The van der Waals surface area contributed by atoms with E-state index < -0.39 is 42.4 Å². The summed E-state index contributed by atoms with van der Waals surface area (Å²) in [7, 11) is 0. The predicted molar refractivity (Wildman–Crippen MR) is 122 cm³/mol. The maximum absolute atomic E-state index is 14.2. The Balaban J connectivity index is 1.56. The van der Waals surface area contributed by atoms with E-state index in [0.717, 1.165) is 18.2 Å². The number of halogens is 6. The van der Waals surface area contributed by atoms with Crippen molar-refractivity contribution in [2.24, 2.45) is 0 Å². The van der Waals surface area contributed by atoms with Crippen molar-refractivity contribution in [2.45, 2.75) is 19.2 Å². The summed E-state index contributed by atoms with van der Waals surface area (Å²) < 4.78 is 83.6. The van der Waals surface area contributed by atoms with E-state index in [9.17, 15) is 31.1 Å². The number of anilines is 3. The Labute approximate surface area is 200 Å². The molecule has 1 heterocycles. The molecule has 0 radical (unpaired) electrons. The monoisotopic (exact) mass is 505 g/mol. The van der Waals surface area contributed by atoms with Crippen molar-refractivity contribution < 1.29 is 35.9 Å². The zero-order chi connectivity index (χ0) is 25.9. The van der Waals surface area contributed by atoms with Crippen molar-refractivity contribution in [2.75, 3.05) is 10.6 Å². The minimum absolute atomic E-state index is 0.144. The molecule has 4 aromatic rings. The summed E-state index contributed by atoms with van der Waals surface area (Å²) in [5.74, 6) is -2.06. The topological polar surface area (TPSA) is 63.2 Å². The number of benzene rings is 3. The molecular weight excluding hydrogens is 488 g/mol. The van der Waals surface area contributed by atoms with Crippen molar-refractivity contribution >= 4 is 33.9 Å². The molecule has 3 aromatic carbocycles. The van der Waals surface area contributed by atoms with Crippen molar-refractivity contribution in [1.82, 2.24) is 4.98 Å².